The van der Waals surface area contributed by atoms with E-state index in [0.717, 1.165) is 10.9 Å². The zero-order valence-corrected chi connectivity index (χ0v) is 10.3. The van der Waals surface area contributed by atoms with E-state index in [1.165, 1.54) is 0 Å². The number of amides is 1. The van der Waals surface area contributed by atoms with Gasteiger partial charge in [-0.15, -0.1) is 0 Å². The first-order chi connectivity index (χ1) is 9.24. The molecule has 5 heteroatoms. The highest BCUT2D eigenvalue weighted by Crippen LogP contribution is 2.16. The van der Waals surface area contributed by atoms with Crippen molar-refractivity contribution in [2.24, 2.45) is 0 Å². The molecule has 19 heavy (non-hydrogen) atoms. The third-order valence-corrected chi connectivity index (χ3v) is 2.92. The molecule has 0 spiro atoms. The number of fused-ring (bicyclic) bond motifs is 1. The number of carbonyl (C=O) groups is 1. The molecule has 0 bridgehead atoms. The Kier molecular flexibility index (Phi) is 2.72. The number of nitrogens with zero attached hydrogens (tertiary/aromatic N) is 2. The van der Waals surface area contributed by atoms with Crippen molar-refractivity contribution >= 4 is 22.6 Å². The van der Waals surface area contributed by atoms with Gasteiger partial charge in [-0.05, 0) is 36.8 Å². The number of aromatic amines is 1. The van der Waals surface area contributed by atoms with E-state index in [9.17, 15) is 4.79 Å². The maximum Gasteiger partial charge on any atom is 0.272 e. The molecule has 0 aromatic carbocycles. The zero-order valence-electron chi connectivity index (χ0n) is 10.3. The van der Waals surface area contributed by atoms with Gasteiger partial charge in [0, 0.05) is 17.8 Å². The molecule has 0 saturated heterocycles. The summed E-state index contributed by atoms with van der Waals surface area (Å²) in [6.45, 7) is 1.92. The second-order valence-electron chi connectivity index (χ2n) is 4.27. The Balaban J connectivity index is 1.90. The summed E-state index contributed by atoms with van der Waals surface area (Å²) in [5, 5.41) is 3.74. The number of aryl methyl sites for hydroxylation is 1. The SMILES string of the molecule is Cc1ccncc1NC(=O)c1cc2cccnc2[nH]1. The fraction of sp³-hybridized carbons (Fsp3) is 0.0714. The summed E-state index contributed by atoms with van der Waals surface area (Å²) in [6, 6.07) is 7.37. The zero-order chi connectivity index (χ0) is 13.2. The number of anilines is 1. The first kappa shape index (κ1) is 11.4. The van der Waals surface area contributed by atoms with E-state index in [4.69, 9.17) is 0 Å². The normalized spacial score (nSPS) is 10.6. The van der Waals surface area contributed by atoms with Crippen molar-refractivity contribution in [2.75, 3.05) is 5.32 Å². The number of hydrogen-bond donors (Lipinski definition) is 2. The largest absolute Gasteiger partial charge is 0.335 e. The number of pyridine rings is 2. The van der Waals surface area contributed by atoms with Gasteiger partial charge in [-0.3, -0.25) is 9.78 Å². The fourth-order valence-corrected chi connectivity index (χ4v) is 1.86. The predicted molar refractivity (Wildman–Crippen MR) is 73.0 cm³/mol. The molecule has 3 rings (SSSR count). The molecule has 0 fully saturated rings. The monoisotopic (exact) mass is 252 g/mol. The molecule has 0 aliphatic rings. The number of aromatic nitrogens is 3. The van der Waals surface area contributed by atoms with Gasteiger partial charge in [-0.2, -0.15) is 0 Å². The van der Waals surface area contributed by atoms with Gasteiger partial charge in [-0.25, -0.2) is 4.98 Å². The Morgan fingerprint density at radius 1 is 1.32 bits per heavy atom. The molecule has 0 unspecified atom stereocenters. The molecule has 3 heterocycles. The Morgan fingerprint density at radius 3 is 3.00 bits per heavy atom. The summed E-state index contributed by atoms with van der Waals surface area (Å²) in [5.74, 6) is -0.200. The van der Waals surface area contributed by atoms with Gasteiger partial charge < -0.3 is 10.3 Å². The van der Waals surface area contributed by atoms with Gasteiger partial charge in [0.2, 0.25) is 0 Å². The van der Waals surface area contributed by atoms with Gasteiger partial charge in [0.15, 0.2) is 0 Å². The number of nitrogens with one attached hydrogen (secondary N) is 2. The van der Waals surface area contributed by atoms with Crippen LogP contribution in [0.1, 0.15) is 16.1 Å². The summed E-state index contributed by atoms with van der Waals surface area (Å²) in [7, 11) is 0. The van der Waals surface area contributed by atoms with E-state index in [1.807, 2.05) is 25.1 Å². The molecule has 0 radical (unpaired) electrons. The predicted octanol–water partition coefficient (Wildman–Crippen LogP) is 2.52. The molecule has 0 atom stereocenters. The van der Waals surface area contributed by atoms with Crippen LogP contribution in [0.15, 0.2) is 42.9 Å². The van der Waals surface area contributed by atoms with Crippen molar-refractivity contribution in [3.8, 4) is 0 Å². The molecule has 94 valence electrons. The van der Waals surface area contributed by atoms with E-state index < -0.39 is 0 Å². The molecule has 3 aromatic rings. The lowest BCUT2D eigenvalue weighted by Gasteiger charge is -2.05. The third kappa shape index (κ3) is 2.18. The minimum atomic E-state index is -0.200. The third-order valence-electron chi connectivity index (χ3n) is 2.92. The van der Waals surface area contributed by atoms with Crippen molar-refractivity contribution in [1.29, 1.82) is 0 Å². The van der Waals surface area contributed by atoms with E-state index >= 15 is 0 Å². The van der Waals surface area contributed by atoms with E-state index in [0.29, 0.717) is 17.0 Å². The van der Waals surface area contributed by atoms with Crippen LogP contribution < -0.4 is 5.32 Å². The molecule has 2 N–H and O–H groups in total. The van der Waals surface area contributed by atoms with Crippen LogP contribution in [0.5, 0.6) is 0 Å². The second kappa shape index (κ2) is 4.53. The minimum Gasteiger partial charge on any atom is -0.335 e. The highest BCUT2D eigenvalue weighted by atomic mass is 16.1. The molecular weight excluding hydrogens is 240 g/mol. The molecule has 5 nitrogen and oxygen atoms in total. The van der Waals surface area contributed by atoms with Crippen molar-refractivity contribution in [2.45, 2.75) is 6.92 Å². The number of carbonyl (C=O) groups excluding carboxylic acids is 1. The maximum absolute atomic E-state index is 12.1. The molecule has 3 aromatic heterocycles. The summed E-state index contributed by atoms with van der Waals surface area (Å²) in [6.07, 6.45) is 5.01. The van der Waals surface area contributed by atoms with Gasteiger partial charge in [0.05, 0.1) is 11.9 Å². The summed E-state index contributed by atoms with van der Waals surface area (Å²) in [4.78, 5) is 23.3. The standard InChI is InChI=1S/C14H12N4O/c1-9-4-6-15-8-12(9)18-14(19)11-7-10-3-2-5-16-13(10)17-11/h2-8H,1H3,(H,16,17)(H,18,19). The number of rotatable bonds is 2. The Labute approximate surface area is 109 Å². The van der Waals surface area contributed by atoms with Crippen molar-refractivity contribution in [1.82, 2.24) is 15.0 Å². The first-order valence-electron chi connectivity index (χ1n) is 5.90. The Morgan fingerprint density at radius 2 is 2.21 bits per heavy atom. The van der Waals surface area contributed by atoms with Crippen LogP contribution in [0, 0.1) is 6.92 Å². The smallest absolute Gasteiger partial charge is 0.272 e. The average Bonchev–Trinajstić information content (AvgIpc) is 2.85. The van der Waals surface area contributed by atoms with Crippen molar-refractivity contribution in [3.63, 3.8) is 0 Å². The second-order valence-corrected chi connectivity index (χ2v) is 4.27. The van der Waals surface area contributed by atoms with Crippen LogP contribution in [0.4, 0.5) is 5.69 Å². The van der Waals surface area contributed by atoms with Crippen molar-refractivity contribution in [3.05, 3.63) is 54.1 Å². The van der Waals surface area contributed by atoms with E-state index in [-0.39, 0.29) is 5.91 Å². The highest BCUT2D eigenvalue weighted by Gasteiger charge is 2.11. The number of H-pyrrole nitrogens is 1. The van der Waals surface area contributed by atoms with Crippen LogP contribution in [-0.4, -0.2) is 20.9 Å². The van der Waals surface area contributed by atoms with E-state index in [1.54, 1.807) is 24.7 Å². The van der Waals surface area contributed by atoms with Crippen LogP contribution in [0.3, 0.4) is 0 Å². The van der Waals surface area contributed by atoms with Crippen LogP contribution in [0.25, 0.3) is 11.0 Å². The maximum atomic E-state index is 12.1. The molecule has 0 aliphatic carbocycles. The van der Waals surface area contributed by atoms with Crippen LogP contribution in [0.2, 0.25) is 0 Å². The van der Waals surface area contributed by atoms with Gasteiger partial charge >= 0.3 is 0 Å². The molecule has 0 saturated carbocycles. The lowest BCUT2D eigenvalue weighted by molar-refractivity contribution is 0.102. The van der Waals surface area contributed by atoms with Crippen LogP contribution >= 0.6 is 0 Å². The minimum absolute atomic E-state index is 0.200. The summed E-state index contributed by atoms with van der Waals surface area (Å²) >= 11 is 0. The van der Waals surface area contributed by atoms with Gasteiger partial charge in [-0.1, -0.05) is 0 Å². The topological polar surface area (TPSA) is 70.7 Å². The van der Waals surface area contributed by atoms with Crippen LogP contribution in [-0.2, 0) is 0 Å². The highest BCUT2D eigenvalue weighted by molar-refractivity contribution is 6.05. The fourth-order valence-electron chi connectivity index (χ4n) is 1.86. The quantitative estimate of drug-likeness (QED) is 0.736. The Hall–Kier alpha value is -2.69. The Bertz CT molecular complexity index is 715. The molecule has 0 aliphatic heterocycles. The first-order valence-corrected chi connectivity index (χ1v) is 5.90. The van der Waals surface area contributed by atoms with Crippen molar-refractivity contribution < 1.29 is 4.79 Å². The number of hydrogen-bond acceptors (Lipinski definition) is 3. The lowest BCUT2D eigenvalue weighted by Crippen LogP contribution is -2.13. The van der Waals surface area contributed by atoms with Gasteiger partial charge in [0.25, 0.3) is 5.91 Å². The summed E-state index contributed by atoms with van der Waals surface area (Å²) in [5.41, 5.74) is 2.87. The van der Waals surface area contributed by atoms with E-state index in [2.05, 4.69) is 20.3 Å². The average molecular weight is 252 g/mol. The molecule has 1 amide bonds. The van der Waals surface area contributed by atoms with Gasteiger partial charge in [0.1, 0.15) is 11.3 Å². The summed E-state index contributed by atoms with van der Waals surface area (Å²) < 4.78 is 0. The molecular formula is C14H12N4O. The lowest BCUT2D eigenvalue weighted by atomic mass is 10.2.